The second-order valence-corrected chi connectivity index (χ2v) is 5.04. The number of Topliss-reactive ketones (excluding diaryl/α,β-unsaturated/α-hetero) is 1. The second kappa shape index (κ2) is 6.18. The van der Waals surface area contributed by atoms with Crippen molar-refractivity contribution < 1.29 is 14.3 Å². The predicted octanol–water partition coefficient (Wildman–Crippen LogP) is 3.17. The first-order valence-corrected chi connectivity index (χ1v) is 6.81. The van der Waals surface area contributed by atoms with Gasteiger partial charge in [0.1, 0.15) is 23.3 Å². The number of carbonyl (C=O) groups is 1. The van der Waals surface area contributed by atoms with E-state index in [2.05, 4.69) is 5.10 Å². The molecule has 1 aromatic carbocycles. The third-order valence-electron chi connectivity index (χ3n) is 3.21. The Morgan fingerprint density at radius 2 is 2.14 bits per heavy atom. The van der Waals surface area contributed by atoms with E-state index >= 15 is 0 Å². The molecule has 0 aliphatic heterocycles. The minimum Gasteiger partial charge on any atom is -0.497 e. The molecule has 0 spiro atoms. The monoisotopic (exact) mass is 308 g/mol. The van der Waals surface area contributed by atoms with Crippen molar-refractivity contribution in [2.24, 2.45) is 7.05 Å². The number of methoxy groups -OCH3 is 1. The first-order valence-electron chi connectivity index (χ1n) is 6.43. The van der Waals surface area contributed by atoms with Crippen LogP contribution in [0, 0.1) is 6.92 Å². The third-order valence-corrected chi connectivity index (χ3v) is 3.68. The normalized spacial score (nSPS) is 10.5. The first-order chi connectivity index (χ1) is 9.93. The van der Waals surface area contributed by atoms with E-state index in [9.17, 15) is 4.79 Å². The van der Waals surface area contributed by atoms with Crippen LogP contribution >= 0.6 is 11.6 Å². The predicted molar refractivity (Wildman–Crippen MR) is 80.3 cm³/mol. The highest BCUT2D eigenvalue weighted by Crippen LogP contribution is 2.27. The summed E-state index contributed by atoms with van der Waals surface area (Å²) in [7, 11) is 3.33. The van der Waals surface area contributed by atoms with Gasteiger partial charge in [0.15, 0.2) is 5.78 Å². The maximum Gasteiger partial charge on any atom is 0.163 e. The lowest BCUT2D eigenvalue weighted by Crippen LogP contribution is -2.03. The quantitative estimate of drug-likeness (QED) is 0.796. The van der Waals surface area contributed by atoms with Gasteiger partial charge in [0, 0.05) is 18.7 Å². The lowest BCUT2D eigenvalue weighted by atomic mass is 10.1. The first kappa shape index (κ1) is 15.4. The fourth-order valence-corrected chi connectivity index (χ4v) is 2.26. The van der Waals surface area contributed by atoms with Crippen LogP contribution in [0.15, 0.2) is 18.2 Å². The van der Waals surface area contributed by atoms with E-state index in [0.29, 0.717) is 22.2 Å². The molecule has 0 amide bonds. The SMILES string of the molecule is COc1ccc(C(C)=O)c(OCc2c(C)nn(C)c2Cl)c1. The van der Waals surface area contributed by atoms with E-state index in [1.165, 1.54) is 6.92 Å². The van der Waals surface area contributed by atoms with Crippen LogP contribution in [0.2, 0.25) is 5.15 Å². The second-order valence-electron chi connectivity index (χ2n) is 4.69. The van der Waals surface area contributed by atoms with Crippen LogP contribution in [-0.4, -0.2) is 22.7 Å². The Bertz CT molecular complexity index is 680. The number of aryl methyl sites for hydroxylation is 2. The van der Waals surface area contributed by atoms with Crippen molar-refractivity contribution >= 4 is 17.4 Å². The number of hydrogen-bond donors (Lipinski definition) is 0. The smallest absolute Gasteiger partial charge is 0.163 e. The molecule has 21 heavy (non-hydrogen) atoms. The van der Waals surface area contributed by atoms with E-state index in [1.807, 2.05) is 6.92 Å². The fraction of sp³-hybridized carbons (Fsp3) is 0.333. The summed E-state index contributed by atoms with van der Waals surface area (Å²) < 4.78 is 12.5. The average Bonchev–Trinajstić information content (AvgIpc) is 2.69. The Morgan fingerprint density at radius 1 is 1.43 bits per heavy atom. The summed E-state index contributed by atoms with van der Waals surface area (Å²) in [5.41, 5.74) is 2.11. The highest BCUT2D eigenvalue weighted by Gasteiger charge is 2.15. The molecule has 0 saturated heterocycles. The number of halogens is 1. The molecule has 0 radical (unpaired) electrons. The Labute approximate surface area is 128 Å². The van der Waals surface area contributed by atoms with E-state index in [0.717, 1.165) is 11.3 Å². The van der Waals surface area contributed by atoms with Crippen molar-refractivity contribution in [3.8, 4) is 11.5 Å². The molecule has 6 heteroatoms. The highest BCUT2D eigenvalue weighted by molar-refractivity contribution is 6.30. The molecule has 0 saturated carbocycles. The number of carbonyl (C=O) groups excluding carboxylic acids is 1. The summed E-state index contributed by atoms with van der Waals surface area (Å²) in [6, 6.07) is 5.11. The Kier molecular flexibility index (Phi) is 4.53. The van der Waals surface area contributed by atoms with Crippen molar-refractivity contribution in [1.82, 2.24) is 9.78 Å². The Morgan fingerprint density at radius 3 is 2.67 bits per heavy atom. The van der Waals surface area contributed by atoms with Crippen LogP contribution in [-0.2, 0) is 13.7 Å². The molecule has 1 heterocycles. The molecule has 0 unspecified atom stereocenters. The van der Waals surface area contributed by atoms with Gasteiger partial charge in [0.05, 0.1) is 18.4 Å². The minimum absolute atomic E-state index is 0.0679. The summed E-state index contributed by atoms with van der Waals surface area (Å²) in [4.78, 5) is 11.7. The van der Waals surface area contributed by atoms with Crippen LogP contribution in [0.25, 0.3) is 0 Å². The van der Waals surface area contributed by atoms with Crippen LogP contribution in [0.5, 0.6) is 11.5 Å². The summed E-state index contributed by atoms with van der Waals surface area (Å²) in [6.07, 6.45) is 0. The van der Waals surface area contributed by atoms with Gasteiger partial charge >= 0.3 is 0 Å². The average molecular weight is 309 g/mol. The molecule has 0 atom stereocenters. The number of benzene rings is 1. The largest absolute Gasteiger partial charge is 0.497 e. The summed E-state index contributed by atoms with van der Waals surface area (Å²) in [5.74, 6) is 1.03. The van der Waals surface area contributed by atoms with E-state index < -0.39 is 0 Å². The van der Waals surface area contributed by atoms with Crippen LogP contribution < -0.4 is 9.47 Å². The zero-order valence-electron chi connectivity index (χ0n) is 12.4. The number of ether oxygens (including phenoxy) is 2. The lowest BCUT2D eigenvalue weighted by molar-refractivity contribution is 0.101. The molecule has 0 fully saturated rings. The zero-order chi connectivity index (χ0) is 15.6. The molecule has 0 N–H and O–H groups in total. The van der Waals surface area contributed by atoms with Gasteiger partial charge < -0.3 is 9.47 Å². The molecule has 0 aliphatic rings. The van der Waals surface area contributed by atoms with Gasteiger partial charge in [-0.2, -0.15) is 5.10 Å². The summed E-state index contributed by atoms with van der Waals surface area (Å²) in [6.45, 7) is 3.60. The van der Waals surface area contributed by atoms with E-state index in [-0.39, 0.29) is 12.4 Å². The van der Waals surface area contributed by atoms with Crippen molar-refractivity contribution in [2.75, 3.05) is 7.11 Å². The molecule has 2 aromatic rings. The van der Waals surface area contributed by atoms with E-state index in [4.69, 9.17) is 21.1 Å². The van der Waals surface area contributed by atoms with Crippen molar-refractivity contribution in [2.45, 2.75) is 20.5 Å². The van der Waals surface area contributed by atoms with Gasteiger partial charge in [0.25, 0.3) is 0 Å². The molecular weight excluding hydrogens is 292 g/mol. The van der Waals surface area contributed by atoms with Crippen LogP contribution in [0.4, 0.5) is 0 Å². The van der Waals surface area contributed by atoms with Crippen molar-refractivity contribution in [3.05, 3.63) is 40.2 Å². The third kappa shape index (κ3) is 3.19. The van der Waals surface area contributed by atoms with Crippen LogP contribution in [0.3, 0.4) is 0 Å². The molecule has 2 rings (SSSR count). The molecule has 5 nitrogen and oxygen atoms in total. The van der Waals surface area contributed by atoms with Crippen molar-refractivity contribution in [1.29, 1.82) is 0 Å². The summed E-state index contributed by atoms with van der Waals surface area (Å²) >= 11 is 6.17. The van der Waals surface area contributed by atoms with Gasteiger partial charge in [-0.05, 0) is 26.0 Å². The fourth-order valence-electron chi connectivity index (χ4n) is 2.03. The molecule has 0 aliphatic carbocycles. The number of hydrogen-bond acceptors (Lipinski definition) is 4. The van der Waals surface area contributed by atoms with Gasteiger partial charge in [-0.1, -0.05) is 11.6 Å². The van der Waals surface area contributed by atoms with Gasteiger partial charge in [0.2, 0.25) is 0 Å². The maximum atomic E-state index is 11.7. The zero-order valence-corrected chi connectivity index (χ0v) is 13.2. The molecule has 112 valence electrons. The molecule has 0 bridgehead atoms. The molecule has 1 aromatic heterocycles. The summed E-state index contributed by atoms with van der Waals surface area (Å²) in [5, 5.41) is 4.75. The molecular formula is C15H17ClN2O3. The minimum atomic E-state index is -0.0679. The van der Waals surface area contributed by atoms with Crippen molar-refractivity contribution in [3.63, 3.8) is 0 Å². The number of aromatic nitrogens is 2. The van der Waals surface area contributed by atoms with Gasteiger partial charge in [-0.15, -0.1) is 0 Å². The number of ketones is 1. The lowest BCUT2D eigenvalue weighted by Gasteiger charge is -2.11. The highest BCUT2D eigenvalue weighted by atomic mass is 35.5. The maximum absolute atomic E-state index is 11.7. The van der Waals surface area contributed by atoms with Gasteiger partial charge in [-0.3, -0.25) is 9.48 Å². The van der Waals surface area contributed by atoms with Gasteiger partial charge in [-0.25, -0.2) is 0 Å². The topological polar surface area (TPSA) is 53.4 Å². The Balaban J connectivity index is 2.28. The number of rotatable bonds is 5. The van der Waals surface area contributed by atoms with E-state index in [1.54, 1.807) is 37.0 Å². The van der Waals surface area contributed by atoms with Crippen LogP contribution in [0.1, 0.15) is 28.5 Å². The Hall–Kier alpha value is -2.01. The standard InChI is InChI=1S/C15H17ClN2O3/c1-9-13(15(16)18(3)17-9)8-21-14-7-11(20-4)5-6-12(14)10(2)19/h5-7H,8H2,1-4H3. The number of nitrogens with zero attached hydrogens (tertiary/aromatic N) is 2.